The van der Waals surface area contributed by atoms with Crippen LogP contribution in [-0.4, -0.2) is 28.3 Å². The summed E-state index contributed by atoms with van der Waals surface area (Å²) in [6, 6.07) is 0.434. The highest BCUT2D eigenvalue weighted by atomic mass is 16.1. The largest absolute Gasteiger partial charge is 0.383 e. The van der Waals surface area contributed by atoms with Gasteiger partial charge in [0.15, 0.2) is 5.78 Å². The van der Waals surface area contributed by atoms with Crippen molar-refractivity contribution < 1.29 is 4.79 Å². The van der Waals surface area contributed by atoms with Gasteiger partial charge in [-0.15, -0.1) is 0 Å². The molecular formula is C16H24N4O. The molecular weight excluding hydrogens is 264 g/mol. The fourth-order valence-corrected chi connectivity index (χ4v) is 3.51. The van der Waals surface area contributed by atoms with Crippen LogP contribution in [0.3, 0.4) is 0 Å². The van der Waals surface area contributed by atoms with E-state index in [2.05, 4.69) is 30.7 Å². The van der Waals surface area contributed by atoms with E-state index >= 15 is 0 Å². The van der Waals surface area contributed by atoms with Gasteiger partial charge in [0, 0.05) is 19.0 Å². The Morgan fingerprint density at radius 1 is 1.24 bits per heavy atom. The Bertz CT molecular complexity index is 582. The molecule has 0 spiro atoms. The van der Waals surface area contributed by atoms with E-state index in [1.807, 2.05) is 0 Å². The van der Waals surface area contributed by atoms with Gasteiger partial charge in [0.05, 0.1) is 11.3 Å². The summed E-state index contributed by atoms with van der Waals surface area (Å²) in [5.41, 5.74) is 7.42. The summed E-state index contributed by atoms with van der Waals surface area (Å²) >= 11 is 0. The Balaban J connectivity index is 2.02. The minimum Gasteiger partial charge on any atom is -0.383 e. The summed E-state index contributed by atoms with van der Waals surface area (Å²) in [6.45, 7) is 7.38. The monoisotopic (exact) mass is 288 g/mol. The number of Topliss-reactive ketones (excluding diaryl/α,β-unsaturated/α-hetero) is 1. The smallest absolute Gasteiger partial charge is 0.227 e. The van der Waals surface area contributed by atoms with Crippen molar-refractivity contribution in [1.29, 1.82) is 0 Å². The molecule has 114 valence electrons. The lowest BCUT2D eigenvalue weighted by Crippen LogP contribution is -2.39. The van der Waals surface area contributed by atoms with E-state index in [0.717, 1.165) is 31.5 Å². The second-order valence-electron chi connectivity index (χ2n) is 7.21. The molecule has 1 aliphatic carbocycles. The number of fused-ring (bicyclic) bond motifs is 1. The van der Waals surface area contributed by atoms with Crippen LogP contribution in [-0.2, 0) is 6.42 Å². The van der Waals surface area contributed by atoms with E-state index < -0.39 is 0 Å². The molecule has 2 N–H and O–H groups in total. The van der Waals surface area contributed by atoms with Crippen LogP contribution in [0.1, 0.15) is 62.5 Å². The summed E-state index contributed by atoms with van der Waals surface area (Å²) in [7, 11) is 0. The Labute approximate surface area is 125 Å². The van der Waals surface area contributed by atoms with E-state index in [-0.39, 0.29) is 11.2 Å². The number of anilines is 2. The molecule has 21 heavy (non-hydrogen) atoms. The number of carbonyl (C=O) groups is 1. The van der Waals surface area contributed by atoms with Gasteiger partial charge in [-0.05, 0) is 38.0 Å². The van der Waals surface area contributed by atoms with Crippen molar-refractivity contribution in [3.05, 3.63) is 11.3 Å². The highest BCUT2D eigenvalue weighted by molar-refractivity contribution is 6.02. The third kappa shape index (κ3) is 2.61. The molecule has 0 aromatic carbocycles. The molecule has 1 saturated heterocycles. The predicted octanol–water partition coefficient (Wildman–Crippen LogP) is 2.59. The second kappa shape index (κ2) is 4.97. The number of rotatable bonds is 1. The molecule has 1 unspecified atom stereocenters. The molecule has 5 heteroatoms. The highest BCUT2D eigenvalue weighted by Crippen LogP contribution is 2.36. The van der Waals surface area contributed by atoms with Crippen molar-refractivity contribution in [1.82, 2.24) is 9.97 Å². The zero-order chi connectivity index (χ0) is 15.2. The molecule has 1 atom stereocenters. The van der Waals surface area contributed by atoms with Crippen molar-refractivity contribution in [2.24, 2.45) is 5.41 Å². The Hall–Kier alpha value is -1.65. The number of hydrogen-bond acceptors (Lipinski definition) is 5. The minimum absolute atomic E-state index is 0.0460. The molecule has 0 bridgehead atoms. The third-order valence-corrected chi connectivity index (χ3v) is 4.62. The number of aromatic nitrogens is 2. The second-order valence-corrected chi connectivity index (χ2v) is 7.21. The summed E-state index contributed by atoms with van der Waals surface area (Å²) < 4.78 is 0. The quantitative estimate of drug-likeness (QED) is 0.860. The topological polar surface area (TPSA) is 72.1 Å². The summed E-state index contributed by atoms with van der Waals surface area (Å²) in [5, 5.41) is 0. The lowest BCUT2D eigenvalue weighted by molar-refractivity contribution is 0.0911. The van der Waals surface area contributed by atoms with Gasteiger partial charge in [-0.1, -0.05) is 13.8 Å². The molecule has 1 aliphatic heterocycles. The lowest BCUT2D eigenvalue weighted by Gasteiger charge is -2.35. The summed E-state index contributed by atoms with van der Waals surface area (Å²) in [5.74, 6) is 1.13. The van der Waals surface area contributed by atoms with Gasteiger partial charge in [-0.3, -0.25) is 4.79 Å². The van der Waals surface area contributed by atoms with Crippen LogP contribution >= 0.6 is 0 Å². The molecule has 2 aliphatic rings. The molecule has 0 amide bonds. The van der Waals surface area contributed by atoms with Crippen LogP contribution in [0.5, 0.6) is 0 Å². The first-order chi connectivity index (χ1) is 9.87. The van der Waals surface area contributed by atoms with Crippen molar-refractivity contribution in [3.8, 4) is 0 Å². The minimum atomic E-state index is -0.0460. The zero-order valence-corrected chi connectivity index (χ0v) is 13.1. The van der Waals surface area contributed by atoms with E-state index in [9.17, 15) is 4.79 Å². The van der Waals surface area contributed by atoms with Crippen LogP contribution in [0, 0.1) is 5.41 Å². The Morgan fingerprint density at radius 3 is 2.71 bits per heavy atom. The first-order valence-corrected chi connectivity index (χ1v) is 7.84. The fourth-order valence-electron chi connectivity index (χ4n) is 3.51. The van der Waals surface area contributed by atoms with Gasteiger partial charge >= 0.3 is 0 Å². The molecule has 0 saturated carbocycles. The van der Waals surface area contributed by atoms with Gasteiger partial charge in [0.2, 0.25) is 5.95 Å². The fraction of sp³-hybridized carbons (Fsp3) is 0.688. The number of carbonyl (C=O) groups excluding carboxylic acids is 1. The van der Waals surface area contributed by atoms with Gasteiger partial charge in [0.1, 0.15) is 5.82 Å². The first kappa shape index (κ1) is 14.3. The zero-order valence-electron chi connectivity index (χ0n) is 13.1. The molecule has 1 fully saturated rings. The van der Waals surface area contributed by atoms with Crippen molar-refractivity contribution in [3.63, 3.8) is 0 Å². The molecule has 1 aromatic heterocycles. The van der Waals surface area contributed by atoms with Gasteiger partial charge in [0.25, 0.3) is 0 Å². The maximum Gasteiger partial charge on any atom is 0.227 e. The summed E-state index contributed by atoms with van der Waals surface area (Å²) in [4.78, 5) is 23.7. The van der Waals surface area contributed by atoms with Crippen LogP contribution < -0.4 is 10.6 Å². The molecule has 0 radical (unpaired) electrons. The maximum atomic E-state index is 12.3. The van der Waals surface area contributed by atoms with E-state index in [4.69, 9.17) is 10.7 Å². The molecule has 2 heterocycles. The van der Waals surface area contributed by atoms with Gasteiger partial charge < -0.3 is 10.6 Å². The van der Waals surface area contributed by atoms with E-state index in [1.54, 1.807) is 0 Å². The predicted molar refractivity (Wildman–Crippen MR) is 83.5 cm³/mol. The SMILES string of the molecule is CC1CCCCN1c1nc(N)c2c(n1)CC(C)(C)CC2=O. The maximum absolute atomic E-state index is 12.3. The number of nitrogens with zero attached hydrogens (tertiary/aromatic N) is 3. The highest BCUT2D eigenvalue weighted by Gasteiger charge is 2.35. The van der Waals surface area contributed by atoms with E-state index in [1.165, 1.54) is 6.42 Å². The Kier molecular flexibility index (Phi) is 3.38. The number of ketones is 1. The van der Waals surface area contributed by atoms with Crippen molar-refractivity contribution in [2.45, 2.75) is 58.9 Å². The average molecular weight is 288 g/mol. The van der Waals surface area contributed by atoms with Crippen molar-refractivity contribution in [2.75, 3.05) is 17.2 Å². The number of nitrogens with two attached hydrogens (primary N) is 1. The normalized spacial score (nSPS) is 24.8. The number of nitrogen functional groups attached to an aromatic ring is 1. The van der Waals surface area contributed by atoms with Gasteiger partial charge in [-0.25, -0.2) is 4.98 Å². The van der Waals surface area contributed by atoms with Crippen LogP contribution in [0.15, 0.2) is 0 Å². The summed E-state index contributed by atoms with van der Waals surface area (Å²) in [6.07, 6.45) is 4.88. The Morgan fingerprint density at radius 2 is 2.00 bits per heavy atom. The molecule has 3 rings (SSSR count). The van der Waals surface area contributed by atoms with E-state index in [0.29, 0.717) is 29.8 Å². The lowest BCUT2D eigenvalue weighted by atomic mass is 9.76. The number of hydrogen-bond donors (Lipinski definition) is 1. The van der Waals surface area contributed by atoms with Crippen LogP contribution in [0.4, 0.5) is 11.8 Å². The van der Waals surface area contributed by atoms with Crippen molar-refractivity contribution >= 4 is 17.5 Å². The third-order valence-electron chi connectivity index (χ3n) is 4.62. The van der Waals surface area contributed by atoms with Gasteiger partial charge in [-0.2, -0.15) is 4.98 Å². The van der Waals surface area contributed by atoms with Crippen LogP contribution in [0.2, 0.25) is 0 Å². The average Bonchev–Trinajstić information content (AvgIpc) is 2.36. The molecule has 5 nitrogen and oxygen atoms in total. The number of piperidine rings is 1. The standard InChI is InChI=1S/C16H24N4O/c1-10-6-4-5-7-20(10)15-18-11-8-16(2,3)9-12(21)13(11)14(17)19-15/h10H,4-9H2,1-3H3,(H2,17,18,19). The van der Waals surface area contributed by atoms with Crippen LogP contribution in [0.25, 0.3) is 0 Å². The molecule has 1 aromatic rings. The first-order valence-electron chi connectivity index (χ1n) is 7.84.